The number of nitrogens with zero attached hydrogens (tertiary/aromatic N) is 1. The largest absolute Gasteiger partial charge is 0.496 e. The van der Waals surface area contributed by atoms with Gasteiger partial charge in [-0.3, -0.25) is 9.59 Å². The van der Waals surface area contributed by atoms with Gasteiger partial charge < -0.3 is 15.0 Å². The third-order valence-corrected chi connectivity index (χ3v) is 5.36. The number of carbonyl (C=O) groups is 2. The number of hydrogen-bond acceptors (Lipinski definition) is 3. The fraction of sp³-hybridized carbons (Fsp3) is 0.636. The lowest BCUT2D eigenvalue weighted by molar-refractivity contribution is -0.143. The van der Waals surface area contributed by atoms with Crippen LogP contribution in [0.25, 0.3) is 0 Å². The molecule has 1 N–H and O–H groups in total. The number of amides is 2. The minimum Gasteiger partial charge on any atom is -0.496 e. The second-order valence-electron chi connectivity index (χ2n) is 7.47. The van der Waals surface area contributed by atoms with Gasteiger partial charge >= 0.3 is 0 Å². The summed E-state index contributed by atoms with van der Waals surface area (Å²) < 4.78 is 5.56. The van der Waals surface area contributed by atoms with Gasteiger partial charge in [-0.2, -0.15) is 0 Å². The number of nitrogens with one attached hydrogen (secondary N) is 1. The minimum atomic E-state index is -0.275. The van der Waals surface area contributed by atoms with Crippen molar-refractivity contribution < 1.29 is 14.3 Å². The Hall–Kier alpha value is -2.04. The summed E-state index contributed by atoms with van der Waals surface area (Å²) in [6, 6.07) is 7.62. The number of likely N-dealkylation sites (tertiary alicyclic amines) is 1. The number of unbranched alkanes of at least 4 members (excludes halogenated alkanes) is 1. The second kappa shape index (κ2) is 10.3. The summed E-state index contributed by atoms with van der Waals surface area (Å²) in [7, 11) is 1.64. The van der Waals surface area contributed by atoms with Crippen LogP contribution < -0.4 is 10.1 Å². The van der Waals surface area contributed by atoms with Crippen LogP contribution in [-0.4, -0.2) is 36.4 Å². The van der Waals surface area contributed by atoms with Gasteiger partial charge in [-0.25, -0.2) is 0 Å². The maximum Gasteiger partial charge on any atom is 0.225 e. The number of para-hydroxylation sites is 1. The number of carbonyl (C=O) groups excluding carboxylic acids is 2. The van der Waals surface area contributed by atoms with Gasteiger partial charge in [-0.05, 0) is 32.3 Å². The van der Waals surface area contributed by atoms with Gasteiger partial charge in [0.1, 0.15) is 5.75 Å². The Labute approximate surface area is 163 Å². The second-order valence-corrected chi connectivity index (χ2v) is 7.47. The van der Waals surface area contributed by atoms with Crippen LogP contribution >= 0.6 is 0 Å². The Morgan fingerprint density at radius 2 is 2.04 bits per heavy atom. The summed E-state index contributed by atoms with van der Waals surface area (Å²) in [6.07, 6.45) is 4.93. The SMILES string of the molecule is CCCCN1C(=O)CCC(C(=O)NC(C)CCC)C1c1ccccc1OC. The summed E-state index contributed by atoms with van der Waals surface area (Å²) in [6.45, 7) is 6.95. The molecule has 0 spiro atoms. The number of piperidine rings is 1. The molecule has 27 heavy (non-hydrogen) atoms. The highest BCUT2D eigenvalue weighted by Gasteiger charge is 2.41. The van der Waals surface area contributed by atoms with Crippen LogP contribution in [0.5, 0.6) is 5.75 Å². The fourth-order valence-corrected chi connectivity index (χ4v) is 3.97. The Kier molecular flexibility index (Phi) is 8.14. The summed E-state index contributed by atoms with van der Waals surface area (Å²) in [4.78, 5) is 27.7. The molecule has 0 bridgehead atoms. The number of benzene rings is 1. The first-order valence-electron chi connectivity index (χ1n) is 10.3. The van der Waals surface area contributed by atoms with E-state index in [4.69, 9.17) is 4.74 Å². The van der Waals surface area contributed by atoms with Crippen molar-refractivity contribution in [2.45, 2.75) is 71.4 Å². The molecule has 2 rings (SSSR count). The van der Waals surface area contributed by atoms with Crippen molar-refractivity contribution >= 4 is 11.8 Å². The van der Waals surface area contributed by atoms with Crippen molar-refractivity contribution in [3.63, 3.8) is 0 Å². The number of ether oxygens (including phenoxy) is 1. The van der Waals surface area contributed by atoms with Crippen molar-refractivity contribution in [3.05, 3.63) is 29.8 Å². The predicted molar refractivity (Wildman–Crippen MR) is 108 cm³/mol. The lowest BCUT2D eigenvalue weighted by Crippen LogP contribution is -2.49. The molecule has 0 aliphatic carbocycles. The third-order valence-electron chi connectivity index (χ3n) is 5.36. The summed E-state index contributed by atoms with van der Waals surface area (Å²) in [5, 5.41) is 3.16. The molecule has 0 aromatic heterocycles. The van der Waals surface area contributed by atoms with Crippen LogP contribution in [0.3, 0.4) is 0 Å². The van der Waals surface area contributed by atoms with Crippen LogP contribution in [-0.2, 0) is 9.59 Å². The molecule has 1 saturated heterocycles. The molecule has 1 fully saturated rings. The molecule has 1 aromatic rings. The van der Waals surface area contributed by atoms with Gasteiger partial charge in [0.25, 0.3) is 0 Å². The maximum atomic E-state index is 13.1. The number of methoxy groups -OCH3 is 1. The van der Waals surface area contributed by atoms with E-state index in [0.717, 1.165) is 37.0 Å². The molecule has 5 nitrogen and oxygen atoms in total. The highest BCUT2D eigenvalue weighted by Crippen LogP contribution is 2.40. The Bertz CT molecular complexity index is 632. The number of hydrogen-bond donors (Lipinski definition) is 1. The first-order valence-corrected chi connectivity index (χ1v) is 10.3. The molecule has 0 radical (unpaired) electrons. The van der Waals surface area contributed by atoms with E-state index in [9.17, 15) is 9.59 Å². The molecular weight excluding hydrogens is 340 g/mol. The normalized spacial score (nSPS) is 21.0. The van der Waals surface area contributed by atoms with Gasteiger partial charge in [-0.15, -0.1) is 0 Å². The maximum absolute atomic E-state index is 13.1. The Morgan fingerprint density at radius 1 is 1.30 bits per heavy atom. The lowest BCUT2D eigenvalue weighted by Gasteiger charge is -2.41. The fourth-order valence-electron chi connectivity index (χ4n) is 3.97. The predicted octanol–water partition coefficient (Wildman–Crippen LogP) is 4.08. The van der Waals surface area contributed by atoms with E-state index in [2.05, 4.69) is 19.2 Å². The van der Waals surface area contributed by atoms with Crippen molar-refractivity contribution in [2.75, 3.05) is 13.7 Å². The van der Waals surface area contributed by atoms with E-state index in [1.54, 1.807) is 7.11 Å². The zero-order valence-corrected chi connectivity index (χ0v) is 17.2. The average Bonchev–Trinajstić information content (AvgIpc) is 2.66. The van der Waals surface area contributed by atoms with Crippen molar-refractivity contribution in [3.8, 4) is 5.75 Å². The monoisotopic (exact) mass is 374 g/mol. The summed E-state index contributed by atoms with van der Waals surface area (Å²) in [5.74, 6) is 0.652. The van der Waals surface area contributed by atoms with Crippen LogP contribution in [0.4, 0.5) is 0 Å². The Balaban J connectivity index is 2.37. The molecule has 3 unspecified atom stereocenters. The van der Waals surface area contributed by atoms with E-state index < -0.39 is 0 Å². The summed E-state index contributed by atoms with van der Waals surface area (Å²) >= 11 is 0. The molecule has 1 aliphatic heterocycles. The topological polar surface area (TPSA) is 58.6 Å². The van der Waals surface area contributed by atoms with Crippen LogP contribution in [0.15, 0.2) is 24.3 Å². The summed E-state index contributed by atoms with van der Waals surface area (Å²) in [5.41, 5.74) is 0.924. The van der Waals surface area contributed by atoms with Gasteiger partial charge in [-0.1, -0.05) is 44.9 Å². The molecule has 1 aromatic carbocycles. The molecule has 150 valence electrons. The van der Waals surface area contributed by atoms with E-state index in [-0.39, 0.29) is 29.8 Å². The van der Waals surface area contributed by atoms with E-state index in [0.29, 0.717) is 19.4 Å². The van der Waals surface area contributed by atoms with Crippen molar-refractivity contribution in [2.24, 2.45) is 5.92 Å². The zero-order valence-electron chi connectivity index (χ0n) is 17.2. The first-order chi connectivity index (χ1) is 13.0. The molecule has 3 atom stereocenters. The van der Waals surface area contributed by atoms with E-state index >= 15 is 0 Å². The third kappa shape index (κ3) is 5.24. The van der Waals surface area contributed by atoms with Crippen LogP contribution in [0.2, 0.25) is 0 Å². The highest BCUT2D eigenvalue weighted by molar-refractivity contribution is 5.85. The van der Waals surface area contributed by atoms with Gasteiger partial charge in [0.05, 0.1) is 19.1 Å². The first kappa shape index (κ1) is 21.3. The molecule has 1 heterocycles. The van der Waals surface area contributed by atoms with Gasteiger partial charge in [0, 0.05) is 24.6 Å². The van der Waals surface area contributed by atoms with Gasteiger partial charge in [0.15, 0.2) is 0 Å². The van der Waals surface area contributed by atoms with Crippen molar-refractivity contribution in [1.29, 1.82) is 0 Å². The average molecular weight is 375 g/mol. The highest BCUT2D eigenvalue weighted by atomic mass is 16.5. The van der Waals surface area contributed by atoms with Gasteiger partial charge in [0.2, 0.25) is 11.8 Å². The van der Waals surface area contributed by atoms with Crippen molar-refractivity contribution in [1.82, 2.24) is 10.2 Å². The lowest BCUT2D eigenvalue weighted by atomic mass is 9.82. The van der Waals surface area contributed by atoms with E-state index in [1.165, 1.54) is 0 Å². The standard InChI is InChI=1S/C22H34N2O3/c1-5-7-15-24-20(25)14-13-18(22(26)23-16(3)10-6-2)21(24)17-11-8-9-12-19(17)27-4/h8-9,11-12,16,18,21H,5-7,10,13-15H2,1-4H3,(H,23,26). The smallest absolute Gasteiger partial charge is 0.225 e. The van der Waals surface area contributed by atoms with Crippen LogP contribution in [0, 0.1) is 5.92 Å². The number of rotatable bonds is 9. The molecule has 1 aliphatic rings. The Morgan fingerprint density at radius 3 is 2.70 bits per heavy atom. The minimum absolute atomic E-state index is 0.0425. The van der Waals surface area contributed by atoms with E-state index in [1.807, 2.05) is 36.1 Å². The van der Waals surface area contributed by atoms with Crippen LogP contribution in [0.1, 0.15) is 70.9 Å². The quantitative estimate of drug-likeness (QED) is 0.708. The molecule has 5 heteroatoms. The molecule has 0 saturated carbocycles. The zero-order chi connectivity index (χ0) is 19.8. The molecule has 2 amide bonds. The molecular formula is C22H34N2O3.